The van der Waals surface area contributed by atoms with Gasteiger partial charge < -0.3 is 10.5 Å². The number of halogens is 5. The monoisotopic (exact) mass is 273 g/mol. The van der Waals surface area contributed by atoms with Gasteiger partial charge in [-0.2, -0.15) is 13.2 Å². The fraction of sp³-hybridized carbons (Fsp3) is 0.400. The summed E-state index contributed by atoms with van der Waals surface area (Å²) in [6, 6.07) is 1.82. The van der Waals surface area contributed by atoms with Gasteiger partial charge >= 0.3 is 6.18 Å². The maximum atomic E-state index is 12.4. The van der Waals surface area contributed by atoms with Crippen molar-refractivity contribution in [3.8, 4) is 5.75 Å². The molecule has 2 nitrogen and oxygen atoms in total. The van der Waals surface area contributed by atoms with E-state index >= 15 is 0 Å². The molecule has 1 atom stereocenters. The van der Waals surface area contributed by atoms with Crippen molar-refractivity contribution in [1.82, 2.24) is 0 Å². The van der Waals surface area contributed by atoms with E-state index in [0.29, 0.717) is 0 Å². The van der Waals surface area contributed by atoms with Crippen molar-refractivity contribution in [1.29, 1.82) is 0 Å². The third-order valence-electron chi connectivity index (χ3n) is 2.13. The van der Waals surface area contributed by atoms with Crippen molar-refractivity contribution in [2.24, 2.45) is 5.73 Å². The summed E-state index contributed by atoms with van der Waals surface area (Å²) in [6.45, 7) is -0.859. The van der Waals surface area contributed by atoms with Crippen molar-refractivity contribution in [2.75, 3.05) is 13.8 Å². The predicted octanol–water partition coefficient (Wildman–Crippen LogP) is 3.11. The highest BCUT2D eigenvalue weighted by Gasteiger charge is 2.31. The Balaban J connectivity index is 0.00000256. The number of benzene rings is 1. The molecule has 0 aromatic heterocycles. The summed E-state index contributed by atoms with van der Waals surface area (Å²) in [6.07, 6.45) is -4.45. The van der Waals surface area contributed by atoms with E-state index in [4.69, 9.17) is 10.5 Å². The lowest BCUT2D eigenvalue weighted by Gasteiger charge is -2.15. The fourth-order valence-electron chi connectivity index (χ4n) is 1.28. The third-order valence-corrected chi connectivity index (χ3v) is 2.13. The summed E-state index contributed by atoms with van der Waals surface area (Å²) in [5, 5.41) is 0. The predicted molar refractivity (Wildman–Crippen MR) is 58.1 cm³/mol. The Morgan fingerprint density at radius 2 is 1.94 bits per heavy atom. The summed E-state index contributed by atoms with van der Waals surface area (Å²) >= 11 is 0. The molecule has 0 aliphatic rings. The van der Waals surface area contributed by atoms with Crippen LogP contribution in [0.1, 0.15) is 17.2 Å². The van der Waals surface area contributed by atoms with Crippen LogP contribution in [0.25, 0.3) is 0 Å². The normalized spacial score (nSPS) is 12.8. The second-order valence-electron chi connectivity index (χ2n) is 3.22. The van der Waals surface area contributed by atoms with Crippen LogP contribution in [0.3, 0.4) is 0 Å². The number of nitrogens with two attached hydrogens (primary N) is 1. The topological polar surface area (TPSA) is 35.2 Å². The number of rotatable bonds is 3. The van der Waals surface area contributed by atoms with E-state index in [-0.39, 0.29) is 23.7 Å². The van der Waals surface area contributed by atoms with Gasteiger partial charge in [0.15, 0.2) is 0 Å². The zero-order chi connectivity index (χ0) is 12.3. The number of hydrogen-bond acceptors (Lipinski definition) is 2. The molecule has 0 amide bonds. The molecular weight excluding hydrogens is 262 g/mol. The van der Waals surface area contributed by atoms with Crippen LogP contribution in [-0.2, 0) is 6.18 Å². The molecule has 17 heavy (non-hydrogen) atoms. The van der Waals surface area contributed by atoms with Crippen LogP contribution < -0.4 is 10.5 Å². The van der Waals surface area contributed by atoms with Gasteiger partial charge in [-0.05, 0) is 12.1 Å². The van der Waals surface area contributed by atoms with Gasteiger partial charge in [-0.1, -0.05) is 6.07 Å². The van der Waals surface area contributed by atoms with Gasteiger partial charge in [0.2, 0.25) is 0 Å². The summed E-state index contributed by atoms with van der Waals surface area (Å²) in [7, 11) is 1.21. The zero-order valence-electron chi connectivity index (χ0n) is 8.92. The largest absolute Gasteiger partial charge is 0.496 e. The molecule has 98 valence electrons. The Hall–Kier alpha value is -1.01. The first-order chi connectivity index (χ1) is 7.40. The Kier molecular flexibility index (Phi) is 5.71. The highest BCUT2D eigenvalue weighted by molar-refractivity contribution is 5.85. The molecule has 0 aliphatic heterocycles. The lowest BCUT2D eigenvalue weighted by Crippen LogP contribution is -2.14. The van der Waals surface area contributed by atoms with Gasteiger partial charge in [-0.25, -0.2) is 4.39 Å². The Morgan fingerprint density at radius 1 is 1.35 bits per heavy atom. The average molecular weight is 274 g/mol. The minimum Gasteiger partial charge on any atom is -0.496 e. The number of alkyl halides is 4. The van der Waals surface area contributed by atoms with Crippen LogP contribution in [0.2, 0.25) is 0 Å². The van der Waals surface area contributed by atoms with Crippen LogP contribution in [-0.4, -0.2) is 13.8 Å². The van der Waals surface area contributed by atoms with Crippen molar-refractivity contribution in [2.45, 2.75) is 12.2 Å². The molecule has 2 N–H and O–H groups in total. The van der Waals surface area contributed by atoms with E-state index in [1.54, 1.807) is 0 Å². The number of hydrogen-bond donors (Lipinski definition) is 1. The molecule has 1 aromatic carbocycles. The van der Waals surface area contributed by atoms with Crippen LogP contribution in [0.5, 0.6) is 5.75 Å². The molecule has 0 spiro atoms. The van der Waals surface area contributed by atoms with Gasteiger partial charge in [-0.15, -0.1) is 12.4 Å². The van der Waals surface area contributed by atoms with Crippen LogP contribution in [0.15, 0.2) is 18.2 Å². The molecule has 0 heterocycles. The van der Waals surface area contributed by atoms with Crippen molar-refractivity contribution in [3.05, 3.63) is 29.3 Å². The van der Waals surface area contributed by atoms with Gasteiger partial charge in [0.25, 0.3) is 0 Å². The standard InChI is InChI=1S/C10H11F4NO.ClH/c1-16-9-4-6(10(12,13)14)2-3-7(9)8(15)5-11;/h2-4,8H,5,15H2,1H3;1H/t8-;/m1./s1. The molecule has 0 bridgehead atoms. The first-order valence-electron chi connectivity index (χ1n) is 4.46. The van der Waals surface area contributed by atoms with Crippen molar-refractivity contribution in [3.63, 3.8) is 0 Å². The molecule has 0 unspecified atom stereocenters. The molecule has 0 saturated heterocycles. The second kappa shape index (κ2) is 6.07. The Morgan fingerprint density at radius 3 is 2.35 bits per heavy atom. The Bertz CT molecular complexity index is 370. The summed E-state index contributed by atoms with van der Waals surface area (Å²) in [5.74, 6) is -0.0556. The average Bonchev–Trinajstić information content (AvgIpc) is 2.26. The highest BCUT2D eigenvalue weighted by Crippen LogP contribution is 2.34. The smallest absolute Gasteiger partial charge is 0.416 e. The van der Waals surface area contributed by atoms with E-state index in [0.717, 1.165) is 18.2 Å². The van der Waals surface area contributed by atoms with E-state index in [9.17, 15) is 17.6 Å². The van der Waals surface area contributed by atoms with E-state index in [2.05, 4.69) is 0 Å². The maximum Gasteiger partial charge on any atom is 0.416 e. The van der Waals surface area contributed by atoms with E-state index in [1.165, 1.54) is 7.11 Å². The summed E-state index contributed by atoms with van der Waals surface area (Å²) < 4.78 is 54.2. The minimum atomic E-state index is -4.45. The minimum absolute atomic E-state index is 0. The van der Waals surface area contributed by atoms with E-state index in [1.807, 2.05) is 0 Å². The summed E-state index contributed by atoms with van der Waals surface area (Å²) in [5.41, 5.74) is 4.77. The molecule has 7 heteroatoms. The quantitative estimate of drug-likeness (QED) is 0.859. The third kappa shape index (κ3) is 3.74. The van der Waals surface area contributed by atoms with Crippen LogP contribution >= 0.6 is 12.4 Å². The molecule has 0 aliphatic carbocycles. The fourth-order valence-corrected chi connectivity index (χ4v) is 1.28. The Labute approximate surface area is 102 Å². The number of ether oxygens (including phenoxy) is 1. The maximum absolute atomic E-state index is 12.4. The molecule has 0 fully saturated rings. The van der Waals surface area contributed by atoms with Crippen LogP contribution in [0.4, 0.5) is 17.6 Å². The highest BCUT2D eigenvalue weighted by atomic mass is 35.5. The lowest BCUT2D eigenvalue weighted by molar-refractivity contribution is -0.137. The SMILES string of the molecule is COc1cc(C(F)(F)F)ccc1[C@H](N)CF.Cl. The lowest BCUT2D eigenvalue weighted by atomic mass is 10.0. The molecular formula is C10H12ClF4NO. The van der Waals surface area contributed by atoms with Gasteiger partial charge in [0, 0.05) is 5.56 Å². The van der Waals surface area contributed by atoms with Crippen molar-refractivity contribution < 1.29 is 22.3 Å². The molecule has 0 radical (unpaired) electrons. The van der Waals surface area contributed by atoms with Gasteiger partial charge in [0.1, 0.15) is 12.4 Å². The first-order valence-corrected chi connectivity index (χ1v) is 4.46. The molecule has 1 aromatic rings. The van der Waals surface area contributed by atoms with Gasteiger partial charge in [-0.3, -0.25) is 0 Å². The second-order valence-corrected chi connectivity index (χ2v) is 3.22. The van der Waals surface area contributed by atoms with Crippen LogP contribution in [0, 0.1) is 0 Å². The van der Waals surface area contributed by atoms with Crippen molar-refractivity contribution >= 4 is 12.4 Å². The first kappa shape index (κ1) is 16.0. The summed E-state index contributed by atoms with van der Waals surface area (Å²) in [4.78, 5) is 0. The number of methoxy groups -OCH3 is 1. The van der Waals surface area contributed by atoms with E-state index < -0.39 is 24.5 Å². The van der Waals surface area contributed by atoms with Gasteiger partial charge in [0.05, 0.1) is 18.7 Å². The molecule has 1 rings (SSSR count). The molecule has 0 saturated carbocycles. The zero-order valence-corrected chi connectivity index (χ0v) is 9.74.